The molecule has 1 saturated heterocycles. The number of amides is 2. The van der Waals surface area contributed by atoms with E-state index in [1.807, 2.05) is 30.3 Å². The first-order chi connectivity index (χ1) is 8.58. The van der Waals surface area contributed by atoms with E-state index in [4.69, 9.17) is 5.11 Å². The first kappa shape index (κ1) is 13.7. The van der Waals surface area contributed by atoms with E-state index >= 15 is 0 Å². The highest BCUT2D eigenvalue weighted by Crippen LogP contribution is 1.99. The zero-order chi connectivity index (χ0) is 13.4. The van der Waals surface area contributed by atoms with Crippen LogP contribution in [0.2, 0.25) is 0 Å². The van der Waals surface area contributed by atoms with Gasteiger partial charge in [-0.1, -0.05) is 30.3 Å². The molecule has 1 heterocycles. The number of carboxylic acid groups (broad SMARTS) is 1. The molecule has 1 aliphatic rings. The lowest BCUT2D eigenvalue weighted by molar-refractivity contribution is -0.124. The lowest BCUT2D eigenvalue weighted by Gasteiger charge is -1.98. The third kappa shape index (κ3) is 5.64. The topological polar surface area (TPSA) is 92.7 Å². The van der Waals surface area contributed by atoms with Crippen molar-refractivity contribution in [3.8, 4) is 0 Å². The summed E-state index contributed by atoms with van der Waals surface area (Å²) in [6.45, 7) is 0.121. The minimum absolute atomic E-state index is 0.121. The van der Waals surface area contributed by atoms with Crippen molar-refractivity contribution in [1.29, 1.82) is 0 Å². The molecule has 0 atom stereocenters. The summed E-state index contributed by atoms with van der Waals surface area (Å²) in [4.78, 5) is 30.2. The van der Waals surface area contributed by atoms with Crippen molar-refractivity contribution >= 4 is 18.0 Å². The highest BCUT2D eigenvalue weighted by atomic mass is 16.7. The summed E-state index contributed by atoms with van der Waals surface area (Å²) < 4.78 is 4.34. The van der Waals surface area contributed by atoms with Gasteiger partial charge in [-0.25, -0.2) is 4.79 Å². The molecule has 0 spiro atoms. The van der Waals surface area contributed by atoms with E-state index in [9.17, 15) is 14.4 Å². The van der Waals surface area contributed by atoms with E-state index in [1.54, 1.807) is 0 Å². The van der Waals surface area contributed by atoms with E-state index in [0.29, 0.717) is 12.8 Å². The van der Waals surface area contributed by atoms with Crippen LogP contribution in [0.25, 0.3) is 0 Å². The Bertz CT molecular complexity index is 415. The first-order valence-electron chi connectivity index (χ1n) is 5.30. The molecule has 2 rings (SSSR count). The number of benzene rings is 1. The summed E-state index contributed by atoms with van der Waals surface area (Å²) in [6, 6.07) is 9.15. The lowest BCUT2D eigenvalue weighted by atomic mass is 10.2. The van der Waals surface area contributed by atoms with Gasteiger partial charge in [-0.15, -0.1) is 0 Å². The molecule has 1 aromatic carbocycles. The number of carbonyl (C=O) groups excluding carboxylic acids is 2. The van der Waals surface area contributed by atoms with Gasteiger partial charge in [0.2, 0.25) is 11.8 Å². The van der Waals surface area contributed by atoms with Crippen LogP contribution in [0, 0.1) is 0 Å². The predicted octanol–water partition coefficient (Wildman–Crippen LogP) is 1.30. The molecule has 18 heavy (non-hydrogen) atoms. The van der Waals surface area contributed by atoms with Crippen molar-refractivity contribution in [3.05, 3.63) is 35.9 Å². The molecule has 2 amide bonds. The van der Waals surface area contributed by atoms with Crippen LogP contribution in [-0.4, -0.2) is 23.1 Å². The van der Waals surface area contributed by atoms with Crippen LogP contribution < -0.4 is 5.32 Å². The van der Waals surface area contributed by atoms with Crippen molar-refractivity contribution in [2.24, 2.45) is 0 Å². The van der Waals surface area contributed by atoms with Crippen LogP contribution in [0.5, 0.6) is 0 Å². The second kappa shape index (κ2) is 7.05. The average Bonchev–Trinajstić information content (AvgIpc) is 2.73. The monoisotopic (exact) mass is 251 g/mol. The van der Waals surface area contributed by atoms with Crippen molar-refractivity contribution < 1.29 is 24.2 Å². The molecule has 1 aliphatic heterocycles. The Labute approximate surface area is 104 Å². The highest BCUT2D eigenvalue weighted by Gasteiger charge is 2.15. The van der Waals surface area contributed by atoms with Crippen molar-refractivity contribution in [1.82, 2.24) is 5.32 Å². The zero-order valence-corrected chi connectivity index (χ0v) is 9.59. The maximum atomic E-state index is 10.1. The summed E-state index contributed by atoms with van der Waals surface area (Å²) in [5.74, 6) is -0.296. The molecule has 0 aromatic heterocycles. The molecule has 0 aliphatic carbocycles. The van der Waals surface area contributed by atoms with Gasteiger partial charge in [0.25, 0.3) is 0 Å². The van der Waals surface area contributed by atoms with Crippen molar-refractivity contribution in [2.75, 3.05) is 0 Å². The zero-order valence-electron chi connectivity index (χ0n) is 9.59. The summed E-state index contributed by atoms with van der Waals surface area (Å²) >= 11 is 0. The average molecular weight is 251 g/mol. The summed E-state index contributed by atoms with van der Waals surface area (Å²) in [5.41, 5.74) is 0.856. The largest absolute Gasteiger partial charge is 0.506 e. The van der Waals surface area contributed by atoms with Crippen LogP contribution in [0.15, 0.2) is 30.3 Å². The minimum Gasteiger partial charge on any atom is -0.450 e. The Morgan fingerprint density at radius 1 is 1.17 bits per heavy atom. The molecule has 6 heteroatoms. The Balaban J connectivity index is 0.000000199. The van der Waals surface area contributed by atoms with Gasteiger partial charge in [-0.05, 0) is 5.56 Å². The van der Waals surface area contributed by atoms with E-state index in [1.165, 1.54) is 0 Å². The quantitative estimate of drug-likeness (QED) is 0.610. The van der Waals surface area contributed by atoms with Gasteiger partial charge in [-0.3, -0.25) is 14.9 Å². The number of carbonyl (C=O) groups is 3. The second-order valence-electron chi connectivity index (χ2n) is 3.51. The molecule has 6 nitrogen and oxygen atoms in total. The maximum absolute atomic E-state index is 10.1. The van der Waals surface area contributed by atoms with Gasteiger partial charge >= 0.3 is 6.16 Å². The number of hydrogen-bond donors (Lipinski definition) is 2. The molecular weight excluding hydrogens is 238 g/mol. The molecule has 1 aromatic rings. The molecule has 0 bridgehead atoms. The van der Waals surface area contributed by atoms with Gasteiger partial charge in [0.05, 0.1) is 0 Å². The van der Waals surface area contributed by atoms with Gasteiger partial charge in [0.15, 0.2) is 0 Å². The number of rotatable bonds is 2. The highest BCUT2D eigenvalue weighted by molar-refractivity contribution is 6.01. The fourth-order valence-corrected chi connectivity index (χ4v) is 1.23. The van der Waals surface area contributed by atoms with Gasteiger partial charge in [0.1, 0.15) is 6.61 Å². The molecule has 0 unspecified atom stereocenters. The van der Waals surface area contributed by atoms with Crippen LogP contribution in [0.3, 0.4) is 0 Å². The van der Waals surface area contributed by atoms with Gasteiger partial charge in [-0.2, -0.15) is 0 Å². The van der Waals surface area contributed by atoms with Crippen LogP contribution >= 0.6 is 0 Å². The molecule has 0 saturated carbocycles. The number of ether oxygens (including phenoxy) is 1. The summed E-state index contributed by atoms with van der Waals surface area (Å²) in [7, 11) is 0. The smallest absolute Gasteiger partial charge is 0.450 e. The Kier molecular flexibility index (Phi) is 5.37. The van der Waals surface area contributed by atoms with E-state index < -0.39 is 6.16 Å². The second-order valence-corrected chi connectivity index (χ2v) is 3.51. The molecule has 1 fully saturated rings. The lowest BCUT2D eigenvalue weighted by Crippen LogP contribution is -2.18. The van der Waals surface area contributed by atoms with E-state index in [0.717, 1.165) is 5.56 Å². The summed E-state index contributed by atoms with van der Waals surface area (Å²) in [6.07, 6.45) is -0.494. The maximum Gasteiger partial charge on any atom is 0.506 e. The first-order valence-corrected chi connectivity index (χ1v) is 5.30. The molecule has 96 valence electrons. The number of nitrogens with one attached hydrogen (secondary N) is 1. The Hall–Kier alpha value is -2.37. The Morgan fingerprint density at radius 2 is 1.72 bits per heavy atom. The normalized spacial score (nSPS) is 13.3. The predicted molar refractivity (Wildman–Crippen MR) is 61.6 cm³/mol. The van der Waals surface area contributed by atoms with E-state index in [2.05, 4.69) is 10.1 Å². The SMILES string of the molecule is O=C(O)OCc1ccccc1.O=C1CCC(=O)N1. The Morgan fingerprint density at radius 3 is 2.11 bits per heavy atom. The van der Waals surface area contributed by atoms with Crippen molar-refractivity contribution in [3.63, 3.8) is 0 Å². The fourth-order valence-electron chi connectivity index (χ4n) is 1.23. The van der Waals surface area contributed by atoms with Gasteiger partial charge in [0, 0.05) is 12.8 Å². The molecule has 0 radical (unpaired) electrons. The molecule has 2 N–H and O–H groups in total. The number of hydrogen-bond acceptors (Lipinski definition) is 4. The standard InChI is InChI=1S/C8H8O3.C4H5NO2/c9-8(10)11-6-7-4-2-1-3-5-7;6-3-1-2-4(7)5-3/h1-5H,6H2,(H,9,10);1-2H2,(H,5,6,7). The van der Waals surface area contributed by atoms with Crippen LogP contribution in [0.4, 0.5) is 4.79 Å². The minimum atomic E-state index is -1.24. The van der Waals surface area contributed by atoms with Crippen LogP contribution in [-0.2, 0) is 20.9 Å². The third-order valence-corrected chi connectivity index (χ3v) is 2.06. The molecular formula is C12H13NO5. The van der Waals surface area contributed by atoms with Crippen LogP contribution in [0.1, 0.15) is 18.4 Å². The van der Waals surface area contributed by atoms with Gasteiger partial charge < -0.3 is 9.84 Å². The van der Waals surface area contributed by atoms with Crippen molar-refractivity contribution in [2.45, 2.75) is 19.4 Å². The van der Waals surface area contributed by atoms with E-state index in [-0.39, 0.29) is 18.4 Å². The number of imide groups is 1. The summed E-state index contributed by atoms with van der Waals surface area (Å²) in [5, 5.41) is 10.3. The third-order valence-electron chi connectivity index (χ3n) is 2.06. The fraction of sp³-hybridized carbons (Fsp3) is 0.250.